The Morgan fingerprint density at radius 3 is 1.25 bits per heavy atom. The van der Waals surface area contributed by atoms with Crippen LogP contribution in [0.15, 0.2) is 60.8 Å². The van der Waals surface area contributed by atoms with Gasteiger partial charge in [-0.2, -0.15) is 0 Å². The van der Waals surface area contributed by atoms with E-state index in [4.69, 9.17) is 18.9 Å². The molecular formula is C71H129NO13. The summed E-state index contributed by atoms with van der Waals surface area (Å²) in [6.07, 6.45) is 56.5. The third kappa shape index (κ3) is 40.1. The molecule has 0 aromatic rings. The zero-order chi connectivity index (χ0) is 61.6. The number of aliphatic hydroxyl groups is 8. The van der Waals surface area contributed by atoms with Gasteiger partial charge in [0, 0.05) is 6.42 Å². The number of unbranched alkanes of at least 4 members (excludes halogenated alkanes) is 34. The number of carbonyl (C=O) groups excluding carboxylic acids is 1. The molecule has 2 aliphatic heterocycles. The van der Waals surface area contributed by atoms with Gasteiger partial charge in [-0.15, -0.1) is 0 Å². The SMILES string of the molecule is CC/C=C\C/C=C\C/C=C\C/C=C\C/C=C\CCCCCCCCCCCC(=O)NC(COC1OC(CO)C(OC2OC(CO)C(O)C(O)C2O)C(O)C1O)C(O)CCCCCCCCCCCCCCCCCCCCCCCCCCCC. The highest BCUT2D eigenvalue weighted by atomic mass is 16.7. The summed E-state index contributed by atoms with van der Waals surface area (Å²) in [4.78, 5) is 13.4. The number of hydrogen-bond donors (Lipinski definition) is 9. The molecule has 2 fully saturated rings. The van der Waals surface area contributed by atoms with Crippen molar-refractivity contribution in [2.45, 2.75) is 364 Å². The van der Waals surface area contributed by atoms with Gasteiger partial charge in [0.1, 0.15) is 48.8 Å². The van der Waals surface area contributed by atoms with Gasteiger partial charge in [0.2, 0.25) is 5.91 Å². The molecule has 0 bridgehead atoms. The Morgan fingerprint density at radius 2 is 0.812 bits per heavy atom. The van der Waals surface area contributed by atoms with E-state index in [9.17, 15) is 45.6 Å². The smallest absolute Gasteiger partial charge is 0.220 e. The van der Waals surface area contributed by atoms with E-state index in [1.54, 1.807) is 0 Å². The van der Waals surface area contributed by atoms with E-state index in [2.05, 4.69) is 79.9 Å². The average molecular weight is 1200 g/mol. The third-order valence-electron chi connectivity index (χ3n) is 17.0. The molecule has 14 nitrogen and oxygen atoms in total. The monoisotopic (exact) mass is 1200 g/mol. The molecule has 496 valence electrons. The van der Waals surface area contributed by atoms with E-state index >= 15 is 0 Å². The summed E-state index contributed by atoms with van der Waals surface area (Å²) in [6.45, 7) is 2.78. The molecule has 2 aliphatic rings. The summed E-state index contributed by atoms with van der Waals surface area (Å²) in [5.41, 5.74) is 0. The molecule has 2 heterocycles. The lowest BCUT2D eigenvalue weighted by Crippen LogP contribution is -2.65. The molecule has 9 N–H and O–H groups in total. The molecule has 0 aromatic carbocycles. The van der Waals surface area contributed by atoms with Crippen molar-refractivity contribution in [3.63, 3.8) is 0 Å². The van der Waals surface area contributed by atoms with Crippen molar-refractivity contribution < 1.29 is 64.6 Å². The fraction of sp³-hybridized carbons (Fsp3) is 0.845. The molecular weight excluding hydrogens is 1070 g/mol. The highest BCUT2D eigenvalue weighted by molar-refractivity contribution is 5.76. The first kappa shape index (κ1) is 78.8. The zero-order valence-electron chi connectivity index (χ0n) is 53.8. The van der Waals surface area contributed by atoms with Gasteiger partial charge in [-0.05, 0) is 57.8 Å². The van der Waals surface area contributed by atoms with Gasteiger partial charge >= 0.3 is 0 Å². The number of hydrogen-bond acceptors (Lipinski definition) is 13. The Kier molecular flexibility index (Phi) is 51.7. The quantitative estimate of drug-likeness (QED) is 0.0204. The van der Waals surface area contributed by atoms with Crippen LogP contribution in [0, 0.1) is 0 Å². The van der Waals surface area contributed by atoms with Crippen LogP contribution in [0.3, 0.4) is 0 Å². The van der Waals surface area contributed by atoms with Crippen molar-refractivity contribution >= 4 is 5.91 Å². The van der Waals surface area contributed by atoms with Crippen molar-refractivity contribution in [3.8, 4) is 0 Å². The molecule has 14 heteroatoms. The molecule has 0 aromatic heterocycles. The van der Waals surface area contributed by atoms with E-state index in [1.165, 1.54) is 173 Å². The molecule has 2 saturated heterocycles. The number of rotatable bonds is 57. The number of carbonyl (C=O) groups is 1. The minimum atomic E-state index is -1.79. The second kappa shape index (κ2) is 55.7. The molecule has 0 radical (unpaired) electrons. The standard InChI is InChI=1S/C71H129NO13/c1-3-5-7-9-11-13-15-17-19-21-23-25-27-29-31-32-34-36-38-40-42-44-46-48-50-52-54-60(75)59(58-82-70-68(81)66(79)69(62(57-74)84-70)85-71-67(80)65(78)64(77)61(56-73)83-71)72-63(76)55-53-51-49-47-45-43-41-39-37-35-33-30-28-26-24-22-20-18-16-14-12-10-8-6-4-2/h6,8,12,14,18,20,24,26,30,33,59-62,64-71,73-75,77-81H,3-5,7,9-11,13,15-17,19,21-23,25,27-29,31-32,34-58H2,1-2H3,(H,72,76)/b8-6-,14-12-,20-18-,26-24-,33-30-. The van der Waals surface area contributed by atoms with Crippen LogP contribution in [0.5, 0.6) is 0 Å². The molecule has 0 spiro atoms. The van der Waals surface area contributed by atoms with Crippen molar-refractivity contribution in [3.05, 3.63) is 60.8 Å². The van der Waals surface area contributed by atoms with Gasteiger partial charge in [0.15, 0.2) is 12.6 Å². The van der Waals surface area contributed by atoms with Crippen LogP contribution in [0.2, 0.25) is 0 Å². The number of allylic oxidation sites excluding steroid dienone is 10. The number of nitrogens with one attached hydrogen (secondary N) is 1. The van der Waals surface area contributed by atoms with Crippen molar-refractivity contribution in [2.24, 2.45) is 0 Å². The number of amides is 1. The summed E-state index contributed by atoms with van der Waals surface area (Å²) in [5, 5.41) is 87.6. The molecule has 1 amide bonds. The predicted molar refractivity (Wildman–Crippen MR) is 346 cm³/mol. The maximum Gasteiger partial charge on any atom is 0.220 e. The summed E-state index contributed by atoms with van der Waals surface area (Å²) < 4.78 is 22.9. The first-order valence-electron chi connectivity index (χ1n) is 35.0. The van der Waals surface area contributed by atoms with Crippen molar-refractivity contribution in [2.75, 3.05) is 19.8 Å². The summed E-state index contributed by atoms with van der Waals surface area (Å²) >= 11 is 0. The summed E-state index contributed by atoms with van der Waals surface area (Å²) in [5.74, 6) is -0.212. The van der Waals surface area contributed by atoms with E-state index in [-0.39, 0.29) is 12.5 Å². The minimum Gasteiger partial charge on any atom is -0.394 e. The first-order chi connectivity index (χ1) is 41.6. The van der Waals surface area contributed by atoms with Gasteiger partial charge in [-0.25, -0.2) is 0 Å². The topological polar surface area (TPSA) is 228 Å². The maximum absolute atomic E-state index is 13.4. The molecule has 85 heavy (non-hydrogen) atoms. The maximum atomic E-state index is 13.4. The van der Waals surface area contributed by atoms with E-state index in [1.807, 2.05) is 0 Å². The van der Waals surface area contributed by atoms with Crippen molar-refractivity contribution in [1.29, 1.82) is 0 Å². The predicted octanol–water partition coefficient (Wildman–Crippen LogP) is 14.1. The second-order valence-corrected chi connectivity index (χ2v) is 24.6. The molecule has 12 unspecified atom stereocenters. The van der Waals surface area contributed by atoms with E-state index < -0.39 is 86.8 Å². The van der Waals surface area contributed by atoms with Crippen LogP contribution in [-0.4, -0.2) is 140 Å². The first-order valence-corrected chi connectivity index (χ1v) is 35.0. The summed E-state index contributed by atoms with van der Waals surface area (Å²) in [6, 6.07) is -0.837. The average Bonchev–Trinajstić information content (AvgIpc) is 3.29. The minimum absolute atomic E-state index is 0.212. The number of aliphatic hydroxyl groups excluding tert-OH is 8. The zero-order valence-corrected chi connectivity index (χ0v) is 53.8. The van der Waals surface area contributed by atoms with E-state index in [0.717, 1.165) is 83.5 Å². The normalized spacial score (nSPS) is 23.9. The number of ether oxygens (including phenoxy) is 4. The third-order valence-corrected chi connectivity index (χ3v) is 17.0. The lowest BCUT2D eigenvalue weighted by atomic mass is 9.97. The van der Waals surface area contributed by atoms with Crippen LogP contribution in [0.1, 0.15) is 290 Å². The van der Waals surface area contributed by atoms with E-state index in [0.29, 0.717) is 19.3 Å². The van der Waals surface area contributed by atoms with Gasteiger partial charge in [-0.1, -0.05) is 286 Å². The molecule has 2 rings (SSSR count). The Labute approximate surface area is 517 Å². The van der Waals surface area contributed by atoms with Gasteiger partial charge < -0.3 is 65.1 Å². The molecule has 12 atom stereocenters. The molecule has 0 aliphatic carbocycles. The van der Waals surface area contributed by atoms with Crippen LogP contribution in [0.25, 0.3) is 0 Å². The second-order valence-electron chi connectivity index (χ2n) is 24.6. The molecule has 0 saturated carbocycles. The fourth-order valence-corrected chi connectivity index (χ4v) is 11.4. The highest BCUT2D eigenvalue weighted by Crippen LogP contribution is 2.30. The van der Waals surface area contributed by atoms with Crippen molar-refractivity contribution in [1.82, 2.24) is 5.32 Å². The van der Waals surface area contributed by atoms with Crippen LogP contribution in [0.4, 0.5) is 0 Å². The largest absolute Gasteiger partial charge is 0.394 e. The van der Waals surface area contributed by atoms with Gasteiger partial charge in [0.05, 0.1) is 32.0 Å². The lowest BCUT2D eigenvalue weighted by molar-refractivity contribution is -0.359. The summed E-state index contributed by atoms with van der Waals surface area (Å²) in [7, 11) is 0. The van der Waals surface area contributed by atoms with Crippen LogP contribution in [-0.2, 0) is 23.7 Å². The Hall–Kier alpha value is -2.31. The fourth-order valence-electron chi connectivity index (χ4n) is 11.4. The van der Waals surface area contributed by atoms with Gasteiger partial charge in [-0.3, -0.25) is 4.79 Å². The lowest BCUT2D eigenvalue weighted by Gasteiger charge is -2.46. The Balaban J connectivity index is 1.68. The Bertz CT molecular complexity index is 1660. The van der Waals surface area contributed by atoms with Crippen LogP contribution >= 0.6 is 0 Å². The Morgan fingerprint density at radius 1 is 0.435 bits per heavy atom. The van der Waals surface area contributed by atoms with Crippen LogP contribution < -0.4 is 5.32 Å². The van der Waals surface area contributed by atoms with Gasteiger partial charge in [0.25, 0.3) is 0 Å². The highest BCUT2D eigenvalue weighted by Gasteiger charge is 2.51.